The molecule has 0 spiro atoms. The first-order valence-corrected chi connectivity index (χ1v) is 8.74. The lowest BCUT2D eigenvalue weighted by atomic mass is 10.1. The summed E-state index contributed by atoms with van der Waals surface area (Å²) in [6.45, 7) is 1.67. The molecular weight excluding hydrogens is 335 g/mol. The van der Waals surface area contributed by atoms with Crippen LogP contribution in [0.25, 0.3) is 0 Å². The Hall–Kier alpha value is -2.89. The van der Waals surface area contributed by atoms with Crippen LogP contribution in [0.15, 0.2) is 42.5 Å². The highest BCUT2D eigenvalue weighted by Gasteiger charge is 2.18. The molecule has 0 saturated carbocycles. The average Bonchev–Trinajstić information content (AvgIpc) is 2.91. The van der Waals surface area contributed by atoms with Gasteiger partial charge in [0, 0.05) is 24.3 Å². The molecule has 0 unspecified atom stereocenters. The lowest BCUT2D eigenvalue weighted by molar-refractivity contribution is 0.0697. The first kappa shape index (κ1) is 17.9. The van der Waals surface area contributed by atoms with Gasteiger partial charge in [-0.1, -0.05) is 12.8 Å². The zero-order valence-corrected chi connectivity index (χ0v) is 14.4. The number of benzene rings is 2. The Morgan fingerprint density at radius 3 is 2.23 bits per heavy atom. The molecule has 0 radical (unpaired) electrons. The lowest BCUT2D eigenvalue weighted by Crippen LogP contribution is -2.26. The van der Waals surface area contributed by atoms with E-state index in [9.17, 15) is 19.1 Å². The lowest BCUT2D eigenvalue weighted by Gasteiger charge is -2.24. The first-order valence-electron chi connectivity index (χ1n) is 8.74. The molecule has 3 rings (SSSR count). The van der Waals surface area contributed by atoms with Gasteiger partial charge in [-0.25, -0.2) is 9.18 Å². The number of nitrogens with one attached hydrogen (secondary N) is 1. The fourth-order valence-electron chi connectivity index (χ4n) is 3.18. The Bertz CT molecular complexity index is 797. The Kier molecular flexibility index (Phi) is 5.51. The Morgan fingerprint density at radius 2 is 1.62 bits per heavy atom. The van der Waals surface area contributed by atoms with Gasteiger partial charge in [0.2, 0.25) is 0 Å². The molecule has 2 aromatic carbocycles. The van der Waals surface area contributed by atoms with E-state index < -0.39 is 17.7 Å². The monoisotopic (exact) mass is 356 g/mol. The summed E-state index contributed by atoms with van der Waals surface area (Å²) < 4.78 is 13.0. The number of aromatic carboxylic acids is 1. The highest BCUT2D eigenvalue weighted by atomic mass is 19.1. The number of carboxylic acid groups (broad SMARTS) is 1. The number of carbonyl (C=O) groups excluding carboxylic acids is 1. The maximum Gasteiger partial charge on any atom is 0.337 e. The second-order valence-corrected chi connectivity index (χ2v) is 6.40. The predicted molar refractivity (Wildman–Crippen MR) is 98.4 cm³/mol. The molecule has 1 saturated heterocycles. The summed E-state index contributed by atoms with van der Waals surface area (Å²) in [5, 5.41) is 12.3. The van der Waals surface area contributed by atoms with Crippen LogP contribution >= 0.6 is 0 Å². The smallest absolute Gasteiger partial charge is 0.337 e. The third-order valence-corrected chi connectivity index (χ3v) is 4.54. The molecule has 1 heterocycles. The SMILES string of the molecule is O=C(Nc1ccc(N2CCCCCC2)c(C(=O)O)c1)c1ccc(F)cc1. The molecule has 136 valence electrons. The van der Waals surface area contributed by atoms with Gasteiger partial charge in [0.25, 0.3) is 5.91 Å². The van der Waals surface area contributed by atoms with Crippen LogP contribution in [0, 0.1) is 5.82 Å². The van der Waals surface area contributed by atoms with Crippen molar-refractivity contribution in [2.75, 3.05) is 23.3 Å². The predicted octanol–water partition coefficient (Wildman–Crippen LogP) is 4.16. The van der Waals surface area contributed by atoms with E-state index in [-0.39, 0.29) is 5.56 Å². The largest absolute Gasteiger partial charge is 0.478 e. The van der Waals surface area contributed by atoms with E-state index in [1.165, 1.54) is 30.3 Å². The van der Waals surface area contributed by atoms with Crippen LogP contribution in [0.1, 0.15) is 46.4 Å². The van der Waals surface area contributed by atoms with Crippen molar-refractivity contribution in [3.8, 4) is 0 Å². The summed E-state index contributed by atoms with van der Waals surface area (Å²) in [6.07, 6.45) is 4.40. The second kappa shape index (κ2) is 7.99. The van der Waals surface area contributed by atoms with Crippen molar-refractivity contribution >= 4 is 23.3 Å². The van der Waals surface area contributed by atoms with Crippen molar-refractivity contribution in [1.82, 2.24) is 0 Å². The summed E-state index contributed by atoms with van der Waals surface area (Å²) in [5.74, 6) is -1.86. The topological polar surface area (TPSA) is 69.6 Å². The number of amides is 1. The molecular formula is C20H21FN2O3. The van der Waals surface area contributed by atoms with Crippen molar-refractivity contribution in [3.05, 3.63) is 59.4 Å². The van der Waals surface area contributed by atoms with E-state index >= 15 is 0 Å². The summed E-state index contributed by atoms with van der Waals surface area (Å²) in [6, 6.07) is 10.1. The van der Waals surface area contributed by atoms with Crippen LogP contribution in [0.3, 0.4) is 0 Å². The molecule has 1 aliphatic rings. The van der Waals surface area contributed by atoms with E-state index in [0.29, 0.717) is 16.9 Å². The van der Waals surface area contributed by atoms with Crippen molar-refractivity contribution in [1.29, 1.82) is 0 Å². The van der Waals surface area contributed by atoms with Crippen LogP contribution in [-0.4, -0.2) is 30.1 Å². The Balaban J connectivity index is 1.82. The van der Waals surface area contributed by atoms with Gasteiger partial charge in [0.05, 0.1) is 11.3 Å². The van der Waals surface area contributed by atoms with Crippen LogP contribution in [0.5, 0.6) is 0 Å². The number of carboxylic acids is 1. The van der Waals surface area contributed by atoms with Gasteiger partial charge in [0.1, 0.15) is 5.82 Å². The van der Waals surface area contributed by atoms with E-state index in [2.05, 4.69) is 10.2 Å². The van der Waals surface area contributed by atoms with Crippen LogP contribution in [0.2, 0.25) is 0 Å². The Morgan fingerprint density at radius 1 is 0.962 bits per heavy atom. The highest BCUT2D eigenvalue weighted by Crippen LogP contribution is 2.27. The molecule has 0 bridgehead atoms. The third-order valence-electron chi connectivity index (χ3n) is 4.54. The van der Waals surface area contributed by atoms with Gasteiger partial charge in [-0.2, -0.15) is 0 Å². The van der Waals surface area contributed by atoms with Crippen molar-refractivity contribution < 1.29 is 19.1 Å². The second-order valence-electron chi connectivity index (χ2n) is 6.40. The number of rotatable bonds is 4. The molecule has 2 aromatic rings. The highest BCUT2D eigenvalue weighted by molar-refractivity contribution is 6.05. The quantitative estimate of drug-likeness (QED) is 0.863. The van der Waals surface area contributed by atoms with Gasteiger partial charge in [-0.3, -0.25) is 4.79 Å². The molecule has 1 aliphatic heterocycles. The van der Waals surface area contributed by atoms with Crippen LogP contribution < -0.4 is 10.2 Å². The first-order chi connectivity index (χ1) is 12.5. The van der Waals surface area contributed by atoms with Crippen LogP contribution in [-0.2, 0) is 0 Å². The number of carbonyl (C=O) groups is 2. The minimum Gasteiger partial charge on any atom is -0.478 e. The summed E-state index contributed by atoms with van der Waals surface area (Å²) in [4.78, 5) is 26.1. The summed E-state index contributed by atoms with van der Waals surface area (Å²) in [7, 11) is 0. The number of halogens is 1. The fourth-order valence-corrected chi connectivity index (χ4v) is 3.18. The minimum absolute atomic E-state index is 0.170. The standard InChI is InChI=1S/C20H21FN2O3/c21-15-7-5-14(6-8-15)19(24)22-16-9-10-18(17(13-16)20(25)26)23-11-3-1-2-4-12-23/h5-10,13H,1-4,11-12H2,(H,22,24)(H,25,26). The molecule has 1 amide bonds. The van der Waals surface area contributed by atoms with Gasteiger partial charge >= 0.3 is 5.97 Å². The number of hydrogen-bond donors (Lipinski definition) is 2. The van der Waals surface area contributed by atoms with Crippen molar-refractivity contribution in [3.63, 3.8) is 0 Å². The zero-order valence-electron chi connectivity index (χ0n) is 14.4. The maximum absolute atomic E-state index is 13.0. The normalized spacial score (nSPS) is 14.6. The fraction of sp³-hybridized carbons (Fsp3) is 0.300. The van der Waals surface area contributed by atoms with Gasteiger partial charge in [0.15, 0.2) is 0 Å². The maximum atomic E-state index is 13.0. The molecule has 2 N–H and O–H groups in total. The molecule has 6 heteroatoms. The van der Waals surface area contributed by atoms with E-state index in [0.717, 1.165) is 38.8 Å². The number of nitrogens with zero attached hydrogens (tertiary/aromatic N) is 1. The summed E-state index contributed by atoms with van der Waals surface area (Å²) >= 11 is 0. The third kappa shape index (κ3) is 4.20. The number of anilines is 2. The molecule has 0 aliphatic carbocycles. The van der Waals surface area contributed by atoms with Gasteiger partial charge in [-0.15, -0.1) is 0 Å². The molecule has 1 fully saturated rings. The van der Waals surface area contributed by atoms with Crippen LogP contribution in [0.4, 0.5) is 15.8 Å². The van der Waals surface area contributed by atoms with Crippen molar-refractivity contribution in [2.45, 2.75) is 25.7 Å². The Labute approximate surface area is 151 Å². The summed E-state index contributed by atoms with van der Waals surface area (Å²) in [5.41, 5.74) is 1.55. The van der Waals surface area contributed by atoms with E-state index in [1.54, 1.807) is 12.1 Å². The van der Waals surface area contributed by atoms with E-state index in [1.807, 2.05) is 0 Å². The van der Waals surface area contributed by atoms with E-state index in [4.69, 9.17) is 0 Å². The van der Waals surface area contributed by atoms with Gasteiger partial charge < -0.3 is 15.3 Å². The molecule has 5 nitrogen and oxygen atoms in total. The molecule has 26 heavy (non-hydrogen) atoms. The van der Waals surface area contributed by atoms with Gasteiger partial charge in [-0.05, 0) is 55.3 Å². The molecule has 0 aromatic heterocycles. The number of hydrogen-bond acceptors (Lipinski definition) is 3. The molecule has 0 atom stereocenters. The zero-order chi connectivity index (χ0) is 18.5. The van der Waals surface area contributed by atoms with Crippen molar-refractivity contribution in [2.24, 2.45) is 0 Å². The average molecular weight is 356 g/mol. The minimum atomic E-state index is -1.03.